The van der Waals surface area contributed by atoms with Gasteiger partial charge in [-0.15, -0.1) is 0 Å². The predicted octanol–water partition coefficient (Wildman–Crippen LogP) is 5.14. The predicted molar refractivity (Wildman–Crippen MR) is 119 cm³/mol. The maximum absolute atomic E-state index is 11.6. The number of aromatic nitrogens is 4. The first-order valence-electron chi connectivity index (χ1n) is 10.5. The van der Waals surface area contributed by atoms with Gasteiger partial charge in [0.15, 0.2) is 0 Å². The second-order valence-corrected chi connectivity index (χ2v) is 7.83. The summed E-state index contributed by atoms with van der Waals surface area (Å²) in [6.45, 7) is 8.44. The van der Waals surface area contributed by atoms with E-state index in [1.54, 1.807) is 0 Å². The van der Waals surface area contributed by atoms with Crippen molar-refractivity contribution in [2.75, 3.05) is 6.61 Å². The van der Waals surface area contributed by atoms with Crippen LogP contribution in [0.2, 0.25) is 0 Å². The average molecular weight is 418 g/mol. The summed E-state index contributed by atoms with van der Waals surface area (Å²) >= 11 is 0. The van der Waals surface area contributed by atoms with Gasteiger partial charge >= 0.3 is 5.97 Å². The smallest absolute Gasteiger partial charge is 0.306 e. The van der Waals surface area contributed by atoms with Gasteiger partial charge in [0.1, 0.15) is 0 Å². The minimum absolute atomic E-state index is 0.178. The Morgan fingerprint density at radius 2 is 2.03 bits per heavy atom. The molecule has 0 saturated carbocycles. The van der Waals surface area contributed by atoms with Gasteiger partial charge in [0.2, 0.25) is 5.82 Å². The molecule has 0 fully saturated rings. The molecule has 4 aromatic rings. The minimum atomic E-state index is -0.178. The Bertz CT molecular complexity index is 1220. The molecular formula is C24H26N4O3. The molecule has 0 aliphatic rings. The van der Waals surface area contributed by atoms with E-state index >= 15 is 0 Å². The van der Waals surface area contributed by atoms with Gasteiger partial charge in [-0.25, -0.2) is 0 Å². The van der Waals surface area contributed by atoms with Crippen LogP contribution in [0.3, 0.4) is 0 Å². The Morgan fingerprint density at radius 3 is 2.77 bits per heavy atom. The molecule has 2 heterocycles. The van der Waals surface area contributed by atoms with Crippen LogP contribution in [0.5, 0.6) is 0 Å². The molecule has 0 bridgehead atoms. The maximum atomic E-state index is 11.6. The van der Waals surface area contributed by atoms with Crippen molar-refractivity contribution in [2.45, 2.75) is 46.6 Å². The Labute approximate surface area is 181 Å². The largest absolute Gasteiger partial charge is 0.466 e. The van der Waals surface area contributed by atoms with E-state index in [9.17, 15) is 4.79 Å². The van der Waals surface area contributed by atoms with Crippen molar-refractivity contribution < 1.29 is 14.1 Å². The van der Waals surface area contributed by atoms with E-state index < -0.39 is 0 Å². The van der Waals surface area contributed by atoms with Gasteiger partial charge in [0.25, 0.3) is 5.89 Å². The van der Waals surface area contributed by atoms with Crippen molar-refractivity contribution in [1.82, 2.24) is 19.9 Å². The molecule has 0 N–H and O–H groups in total. The number of carbonyl (C=O) groups is 1. The Morgan fingerprint density at radius 1 is 1.19 bits per heavy atom. The van der Waals surface area contributed by atoms with Crippen molar-refractivity contribution in [3.05, 3.63) is 53.7 Å². The highest BCUT2D eigenvalue weighted by atomic mass is 16.5. The molecule has 0 spiro atoms. The van der Waals surface area contributed by atoms with Crippen molar-refractivity contribution in [1.29, 1.82) is 0 Å². The fourth-order valence-electron chi connectivity index (χ4n) is 3.66. The zero-order chi connectivity index (χ0) is 22.0. The van der Waals surface area contributed by atoms with Crippen LogP contribution >= 0.6 is 0 Å². The highest BCUT2D eigenvalue weighted by Crippen LogP contribution is 2.28. The number of hydrogen-bond donors (Lipinski definition) is 0. The van der Waals surface area contributed by atoms with Crippen LogP contribution in [0.25, 0.3) is 33.7 Å². The van der Waals surface area contributed by atoms with E-state index in [0.29, 0.717) is 37.2 Å². The van der Waals surface area contributed by atoms with Gasteiger partial charge in [-0.05, 0) is 63.4 Å². The van der Waals surface area contributed by atoms with Crippen LogP contribution in [0.15, 0.2) is 47.1 Å². The number of nitrogens with zero attached hydrogens (tertiary/aromatic N) is 4. The topological polar surface area (TPSA) is 83.0 Å². The number of esters is 1. The number of hydrogen-bond acceptors (Lipinski definition) is 6. The molecule has 0 unspecified atom stereocenters. The molecule has 7 nitrogen and oxygen atoms in total. The minimum Gasteiger partial charge on any atom is -0.466 e. The van der Waals surface area contributed by atoms with Gasteiger partial charge in [-0.2, -0.15) is 10.1 Å². The van der Waals surface area contributed by atoms with Crippen LogP contribution in [0.1, 0.15) is 44.4 Å². The third-order valence-corrected chi connectivity index (χ3v) is 5.21. The van der Waals surface area contributed by atoms with Gasteiger partial charge in [0, 0.05) is 29.0 Å². The summed E-state index contributed by atoms with van der Waals surface area (Å²) in [6, 6.07) is 12.3. The van der Waals surface area contributed by atoms with Crippen LogP contribution < -0.4 is 0 Å². The van der Waals surface area contributed by atoms with Crippen molar-refractivity contribution in [3.63, 3.8) is 0 Å². The SMILES string of the molecule is CCOC(=O)CCc1ccc(-c2noc(-c3ccc4c(cnn4C(C)C)c3)n2)c(C)c1. The van der Waals surface area contributed by atoms with Crippen LogP contribution in [-0.4, -0.2) is 32.5 Å². The molecule has 2 aromatic carbocycles. The summed E-state index contributed by atoms with van der Waals surface area (Å²) in [7, 11) is 0. The second-order valence-electron chi connectivity index (χ2n) is 7.83. The zero-order valence-electron chi connectivity index (χ0n) is 18.3. The summed E-state index contributed by atoms with van der Waals surface area (Å²) < 4.78 is 12.5. The third kappa shape index (κ3) is 4.35. The van der Waals surface area contributed by atoms with E-state index in [1.807, 2.05) is 55.1 Å². The second kappa shape index (κ2) is 8.71. The third-order valence-electron chi connectivity index (χ3n) is 5.21. The molecule has 31 heavy (non-hydrogen) atoms. The summed E-state index contributed by atoms with van der Waals surface area (Å²) in [5.74, 6) is 0.838. The number of carbonyl (C=O) groups excluding carboxylic acids is 1. The first-order chi connectivity index (χ1) is 15.0. The van der Waals surface area contributed by atoms with E-state index in [-0.39, 0.29) is 5.97 Å². The molecular weight excluding hydrogens is 392 g/mol. The summed E-state index contributed by atoms with van der Waals surface area (Å²) in [6.07, 6.45) is 2.87. The lowest BCUT2D eigenvalue weighted by atomic mass is 10.0. The summed E-state index contributed by atoms with van der Waals surface area (Å²) in [4.78, 5) is 16.2. The Balaban J connectivity index is 1.54. The van der Waals surface area contributed by atoms with E-state index in [1.165, 1.54) is 0 Å². The number of rotatable bonds is 7. The quantitative estimate of drug-likeness (QED) is 0.387. The van der Waals surface area contributed by atoms with Crippen molar-refractivity contribution >= 4 is 16.9 Å². The van der Waals surface area contributed by atoms with Crippen molar-refractivity contribution in [2.24, 2.45) is 0 Å². The fourth-order valence-corrected chi connectivity index (χ4v) is 3.66. The lowest BCUT2D eigenvalue weighted by Gasteiger charge is -2.06. The number of ether oxygens (including phenoxy) is 1. The lowest BCUT2D eigenvalue weighted by Crippen LogP contribution is -2.05. The average Bonchev–Trinajstić information content (AvgIpc) is 3.39. The van der Waals surface area contributed by atoms with E-state index in [2.05, 4.69) is 35.2 Å². The summed E-state index contributed by atoms with van der Waals surface area (Å²) in [5, 5.41) is 9.68. The molecule has 0 radical (unpaired) electrons. The number of aryl methyl sites for hydroxylation is 2. The van der Waals surface area contributed by atoms with E-state index in [4.69, 9.17) is 9.26 Å². The van der Waals surface area contributed by atoms with Crippen LogP contribution in [0, 0.1) is 6.92 Å². The lowest BCUT2D eigenvalue weighted by molar-refractivity contribution is -0.143. The molecule has 2 aromatic heterocycles. The highest BCUT2D eigenvalue weighted by Gasteiger charge is 2.15. The van der Waals surface area contributed by atoms with Gasteiger partial charge in [-0.3, -0.25) is 9.48 Å². The van der Waals surface area contributed by atoms with E-state index in [0.717, 1.165) is 33.2 Å². The number of fused-ring (bicyclic) bond motifs is 1. The molecule has 7 heteroatoms. The zero-order valence-corrected chi connectivity index (χ0v) is 18.3. The Hall–Kier alpha value is -3.48. The number of benzene rings is 2. The molecule has 0 aliphatic carbocycles. The molecule has 0 saturated heterocycles. The molecule has 0 aliphatic heterocycles. The van der Waals surface area contributed by atoms with Crippen LogP contribution in [-0.2, 0) is 16.0 Å². The molecule has 0 amide bonds. The first-order valence-corrected chi connectivity index (χ1v) is 10.5. The first kappa shape index (κ1) is 20.8. The molecule has 0 atom stereocenters. The van der Waals surface area contributed by atoms with Crippen molar-refractivity contribution in [3.8, 4) is 22.8 Å². The molecule has 4 rings (SSSR count). The Kier molecular flexibility index (Phi) is 5.84. The normalized spacial score (nSPS) is 11.4. The monoisotopic (exact) mass is 418 g/mol. The molecule has 160 valence electrons. The van der Waals surface area contributed by atoms with Gasteiger partial charge in [0.05, 0.1) is 18.3 Å². The fraction of sp³-hybridized carbons (Fsp3) is 0.333. The standard InChI is InChI=1S/C24H26N4O3/c1-5-30-22(29)11-7-17-6-9-20(16(4)12-17)23-26-24(31-27-23)18-8-10-21-19(13-18)14-25-28(21)15(2)3/h6,8-10,12-15H,5,7,11H2,1-4H3. The van der Waals surface area contributed by atoms with Gasteiger partial charge in [-0.1, -0.05) is 23.4 Å². The van der Waals surface area contributed by atoms with Gasteiger partial charge < -0.3 is 9.26 Å². The highest BCUT2D eigenvalue weighted by molar-refractivity contribution is 5.83. The van der Waals surface area contributed by atoms with Crippen LogP contribution in [0.4, 0.5) is 0 Å². The maximum Gasteiger partial charge on any atom is 0.306 e. The summed E-state index contributed by atoms with van der Waals surface area (Å²) in [5.41, 5.74) is 4.95.